The predicted octanol–water partition coefficient (Wildman–Crippen LogP) is 1.70. The van der Waals surface area contributed by atoms with E-state index in [-0.39, 0.29) is 11.8 Å². The molecule has 0 bridgehead atoms. The maximum atomic E-state index is 13.2. The Labute approximate surface area is 219 Å². The van der Waals surface area contributed by atoms with Gasteiger partial charge in [-0.1, -0.05) is 0 Å². The number of hydrogen-bond donors (Lipinski definition) is 0. The highest BCUT2D eigenvalue weighted by molar-refractivity contribution is 5.92. The summed E-state index contributed by atoms with van der Waals surface area (Å²) < 4.78 is 10.7. The number of aromatic nitrogens is 2. The molecule has 0 aliphatic carbocycles. The van der Waals surface area contributed by atoms with Crippen LogP contribution in [0.5, 0.6) is 5.75 Å². The van der Waals surface area contributed by atoms with Crippen molar-refractivity contribution in [3.63, 3.8) is 0 Å². The van der Waals surface area contributed by atoms with Gasteiger partial charge in [-0.05, 0) is 37.6 Å². The van der Waals surface area contributed by atoms with Crippen LogP contribution in [0.15, 0.2) is 36.7 Å². The van der Waals surface area contributed by atoms with E-state index in [0.29, 0.717) is 38.3 Å². The highest BCUT2D eigenvalue weighted by Gasteiger charge is 2.24. The lowest BCUT2D eigenvalue weighted by Crippen LogP contribution is -2.49. The minimum absolute atomic E-state index is 0.0790. The monoisotopic (exact) mass is 510 g/mol. The molecule has 2 amide bonds. The number of anilines is 1. The first-order valence-electron chi connectivity index (χ1n) is 13.1. The summed E-state index contributed by atoms with van der Waals surface area (Å²) in [5.41, 5.74) is 2.21. The van der Waals surface area contributed by atoms with Gasteiger partial charge in [-0.2, -0.15) is 0 Å². The Kier molecular flexibility index (Phi) is 9.67. The van der Waals surface area contributed by atoms with Gasteiger partial charge in [0.1, 0.15) is 11.4 Å². The molecule has 0 atom stereocenters. The van der Waals surface area contributed by atoms with Gasteiger partial charge in [-0.15, -0.1) is 0 Å². The summed E-state index contributed by atoms with van der Waals surface area (Å²) in [4.78, 5) is 43.1. The Morgan fingerprint density at radius 2 is 1.70 bits per heavy atom. The summed E-state index contributed by atoms with van der Waals surface area (Å²) in [6.45, 7) is 9.90. The Balaban J connectivity index is 1.29. The first-order valence-corrected chi connectivity index (χ1v) is 13.1. The summed E-state index contributed by atoms with van der Waals surface area (Å²) in [5, 5.41) is 0. The predicted molar refractivity (Wildman–Crippen MR) is 141 cm³/mol. The third-order valence-corrected chi connectivity index (χ3v) is 6.96. The molecule has 200 valence electrons. The SMILES string of the molecule is COc1ccc(N2CCN(C(=O)CCN(CCCN3CCOCC3)C(=O)c3cnc(C)cn3)CC2)cc1. The van der Waals surface area contributed by atoms with Crippen LogP contribution < -0.4 is 9.64 Å². The van der Waals surface area contributed by atoms with Crippen LogP contribution in [-0.4, -0.2) is 116 Å². The molecule has 2 aromatic rings. The van der Waals surface area contributed by atoms with E-state index in [9.17, 15) is 9.59 Å². The number of piperazine rings is 1. The van der Waals surface area contributed by atoms with Gasteiger partial charge in [-0.3, -0.25) is 19.5 Å². The second-order valence-corrected chi connectivity index (χ2v) is 9.46. The van der Waals surface area contributed by atoms with Crippen molar-refractivity contribution in [2.45, 2.75) is 19.8 Å². The Hall–Kier alpha value is -3.24. The van der Waals surface area contributed by atoms with Gasteiger partial charge >= 0.3 is 0 Å². The third-order valence-electron chi connectivity index (χ3n) is 6.96. The van der Waals surface area contributed by atoms with E-state index in [0.717, 1.165) is 69.5 Å². The van der Waals surface area contributed by atoms with Gasteiger partial charge in [0, 0.05) is 77.2 Å². The molecule has 37 heavy (non-hydrogen) atoms. The van der Waals surface area contributed by atoms with Crippen LogP contribution in [0.4, 0.5) is 5.69 Å². The molecule has 1 aromatic heterocycles. The summed E-state index contributed by atoms with van der Waals surface area (Å²) in [6.07, 6.45) is 4.25. The summed E-state index contributed by atoms with van der Waals surface area (Å²) in [6, 6.07) is 8.00. The summed E-state index contributed by atoms with van der Waals surface area (Å²) >= 11 is 0. The largest absolute Gasteiger partial charge is 0.497 e. The number of carbonyl (C=O) groups is 2. The third kappa shape index (κ3) is 7.62. The minimum Gasteiger partial charge on any atom is -0.497 e. The van der Waals surface area contributed by atoms with Crippen LogP contribution in [0.3, 0.4) is 0 Å². The van der Waals surface area contributed by atoms with Crippen molar-refractivity contribution in [2.24, 2.45) is 0 Å². The van der Waals surface area contributed by atoms with Crippen molar-refractivity contribution in [3.05, 3.63) is 48.0 Å². The van der Waals surface area contributed by atoms with E-state index in [1.165, 1.54) is 6.20 Å². The first-order chi connectivity index (χ1) is 18.0. The molecule has 2 saturated heterocycles. The van der Waals surface area contributed by atoms with Crippen LogP contribution in [-0.2, 0) is 9.53 Å². The van der Waals surface area contributed by atoms with E-state index >= 15 is 0 Å². The van der Waals surface area contributed by atoms with Crippen LogP contribution >= 0.6 is 0 Å². The normalized spacial score (nSPS) is 16.5. The van der Waals surface area contributed by atoms with Gasteiger partial charge in [0.25, 0.3) is 5.91 Å². The van der Waals surface area contributed by atoms with E-state index < -0.39 is 0 Å². The number of aryl methyl sites for hydroxylation is 1. The molecular weight excluding hydrogens is 472 g/mol. The molecule has 0 spiro atoms. The lowest BCUT2D eigenvalue weighted by molar-refractivity contribution is -0.131. The molecular formula is C27H38N6O4. The molecule has 0 unspecified atom stereocenters. The van der Waals surface area contributed by atoms with E-state index in [1.54, 1.807) is 18.2 Å². The summed E-state index contributed by atoms with van der Waals surface area (Å²) in [5.74, 6) is 0.736. The number of ether oxygens (including phenoxy) is 2. The second-order valence-electron chi connectivity index (χ2n) is 9.46. The minimum atomic E-state index is -0.174. The lowest BCUT2D eigenvalue weighted by Gasteiger charge is -2.36. The van der Waals surface area contributed by atoms with Gasteiger partial charge in [0.2, 0.25) is 5.91 Å². The Bertz CT molecular complexity index is 1000. The molecule has 1 aromatic carbocycles. The van der Waals surface area contributed by atoms with Gasteiger partial charge in [0.05, 0.1) is 32.2 Å². The standard InChI is InChI=1S/C27H38N6O4/c1-22-20-29-25(21-28-22)27(35)33(10-3-9-30-16-18-37-19-17-30)11-8-26(34)32-14-12-31(13-15-32)23-4-6-24(36-2)7-5-23/h4-7,20-21H,3,8-19H2,1-2H3. The van der Waals surface area contributed by atoms with Crippen LogP contribution in [0.25, 0.3) is 0 Å². The number of methoxy groups -OCH3 is 1. The summed E-state index contributed by atoms with van der Waals surface area (Å²) in [7, 11) is 1.66. The molecule has 3 heterocycles. The number of hydrogen-bond acceptors (Lipinski definition) is 8. The zero-order valence-electron chi connectivity index (χ0n) is 22.0. The van der Waals surface area contributed by atoms with E-state index in [2.05, 4.69) is 19.8 Å². The Morgan fingerprint density at radius 3 is 2.35 bits per heavy atom. The fraction of sp³-hybridized carbons (Fsp3) is 0.556. The topological polar surface area (TPSA) is 91.3 Å². The van der Waals surface area contributed by atoms with Crippen LogP contribution in [0.1, 0.15) is 29.0 Å². The molecule has 10 heteroatoms. The molecule has 2 aliphatic heterocycles. The van der Waals surface area contributed by atoms with E-state index in [1.807, 2.05) is 36.1 Å². The van der Waals surface area contributed by atoms with Crippen molar-refractivity contribution >= 4 is 17.5 Å². The van der Waals surface area contributed by atoms with Crippen molar-refractivity contribution in [1.82, 2.24) is 24.7 Å². The molecule has 0 radical (unpaired) electrons. The van der Waals surface area contributed by atoms with Gasteiger partial charge in [-0.25, -0.2) is 4.98 Å². The van der Waals surface area contributed by atoms with E-state index in [4.69, 9.17) is 9.47 Å². The Morgan fingerprint density at radius 1 is 0.973 bits per heavy atom. The number of morpholine rings is 1. The molecule has 2 fully saturated rings. The number of amides is 2. The zero-order valence-corrected chi connectivity index (χ0v) is 22.0. The number of carbonyl (C=O) groups excluding carboxylic acids is 2. The first kappa shape index (κ1) is 26.8. The number of nitrogens with zero attached hydrogens (tertiary/aromatic N) is 6. The zero-order chi connectivity index (χ0) is 26.0. The van der Waals surface area contributed by atoms with Crippen molar-refractivity contribution < 1.29 is 19.1 Å². The molecule has 4 rings (SSSR count). The van der Waals surface area contributed by atoms with Crippen molar-refractivity contribution in [2.75, 3.05) is 84.1 Å². The second kappa shape index (κ2) is 13.3. The smallest absolute Gasteiger partial charge is 0.274 e. The number of benzene rings is 1. The molecule has 0 N–H and O–H groups in total. The highest BCUT2D eigenvalue weighted by atomic mass is 16.5. The highest BCUT2D eigenvalue weighted by Crippen LogP contribution is 2.20. The fourth-order valence-corrected chi connectivity index (χ4v) is 4.69. The average Bonchev–Trinajstić information content (AvgIpc) is 2.95. The van der Waals surface area contributed by atoms with Crippen LogP contribution in [0.2, 0.25) is 0 Å². The van der Waals surface area contributed by atoms with Crippen LogP contribution in [0, 0.1) is 6.92 Å². The molecule has 2 aliphatic rings. The quantitative estimate of drug-likeness (QED) is 0.477. The number of rotatable bonds is 10. The maximum Gasteiger partial charge on any atom is 0.274 e. The molecule has 0 saturated carbocycles. The fourth-order valence-electron chi connectivity index (χ4n) is 4.69. The van der Waals surface area contributed by atoms with Gasteiger partial charge in [0.15, 0.2) is 0 Å². The van der Waals surface area contributed by atoms with Crippen molar-refractivity contribution in [3.8, 4) is 5.75 Å². The maximum absolute atomic E-state index is 13.2. The van der Waals surface area contributed by atoms with Gasteiger partial charge < -0.3 is 24.2 Å². The average molecular weight is 511 g/mol. The molecule has 10 nitrogen and oxygen atoms in total. The lowest BCUT2D eigenvalue weighted by atomic mass is 10.2. The van der Waals surface area contributed by atoms with Crippen molar-refractivity contribution in [1.29, 1.82) is 0 Å².